The molecule has 4 aromatic rings. The van der Waals surface area contributed by atoms with E-state index in [0.717, 1.165) is 33.5 Å². The fraction of sp³-hybridized carbons (Fsp3) is 0.136. The highest BCUT2D eigenvalue weighted by Gasteiger charge is 2.05. The van der Waals surface area contributed by atoms with Crippen LogP contribution in [0.25, 0.3) is 10.9 Å². The number of aryl methyl sites for hydroxylation is 1. The monoisotopic (exact) mass is 387 g/mol. The van der Waals surface area contributed by atoms with Gasteiger partial charge in [-0.1, -0.05) is 12.1 Å². The van der Waals surface area contributed by atoms with Crippen molar-refractivity contribution in [3.05, 3.63) is 72.1 Å². The first-order chi connectivity index (χ1) is 14.1. The van der Waals surface area contributed by atoms with Crippen LogP contribution in [-0.2, 0) is 16.0 Å². The Morgan fingerprint density at radius 3 is 2.62 bits per heavy atom. The summed E-state index contributed by atoms with van der Waals surface area (Å²) in [5, 5.41) is 7.63. The third-order valence-corrected chi connectivity index (χ3v) is 4.47. The molecule has 2 heterocycles. The predicted molar refractivity (Wildman–Crippen MR) is 114 cm³/mol. The van der Waals surface area contributed by atoms with Crippen LogP contribution in [0.3, 0.4) is 0 Å². The van der Waals surface area contributed by atoms with Crippen molar-refractivity contribution in [2.45, 2.75) is 13.3 Å². The van der Waals surface area contributed by atoms with E-state index >= 15 is 0 Å². The van der Waals surface area contributed by atoms with Crippen molar-refractivity contribution in [3.8, 4) is 0 Å². The molecule has 29 heavy (non-hydrogen) atoms. The number of hydrogen-bond donors (Lipinski definition) is 3. The van der Waals surface area contributed by atoms with Crippen molar-refractivity contribution in [2.75, 3.05) is 17.7 Å². The molecule has 0 fully saturated rings. The predicted octanol–water partition coefficient (Wildman–Crippen LogP) is 4.47. The van der Waals surface area contributed by atoms with Crippen LogP contribution in [0.2, 0.25) is 0 Å². The van der Waals surface area contributed by atoms with Gasteiger partial charge in [0.25, 0.3) is 0 Å². The third-order valence-electron chi connectivity index (χ3n) is 4.47. The molecule has 0 radical (unpaired) electrons. The lowest BCUT2D eigenvalue weighted by atomic mass is 10.1. The highest BCUT2D eigenvalue weighted by atomic mass is 16.5. The second kappa shape index (κ2) is 8.02. The molecule has 7 nitrogen and oxygen atoms in total. The summed E-state index contributed by atoms with van der Waals surface area (Å²) in [7, 11) is 1.38. The van der Waals surface area contributed by atoms with Crippen LogP contribution in [0.1, 0.15) is 11.3 Å². The standard InChI is InChI=1S/C22H21N5O2/c1-14-11-16-13-18(7-8-19(16)24-14)25-20-9-10-23-22(27-20)26-17-5-3-15(4-6-17)12-21(28)29-2/h3-11,13,24H,12H2,1-2H3,(H2,23,25,26,27). The molecular weight excluding hydrogens is 366 g/mol. The highest BCUT2D eigenvalue weighted by molar-refractivity contribution is 5.84. The maximum atomic E-state index is 11.4. The molecule has 3 N–H and O–H groups in total. The van der Waals surface area contributed by atoms with Gasteiger partial charge < -0.3 is 20.4 Å². The Kier molecular flexibility index (Phi) is 5.11. The Morgan fingerprint density at radius 1 is 1.03 bits per heavy atom. The molecule has 146 valence electrons. The van der Waals surface area contributed by atoms with Crippen molar-refractivity contribution in [1.82, 2.24) is 15.0 Å². The average molecular weight is 387 g/mol. The smallest absolute Gasteiger partial charge is 0.309 e. The van der Waals surface area contributed by atoms with E-state index in [2.05, 4.69) is 42.5 Å². The van der Waals surface area contributed by atoms with Crippen molar-refractivity contribution >= 4 is 40.0 Å². The number of fused-ring (bicyclic) bond motifs is 1. The largest absolute Gasteiger partial charge is 0.469 e. The first kappa shape index (κ1) is 18.5. The van der Waals surface area contributed by atoms with Gasteiger partial charge >= 0.3 is 5.97 Å². The van der Waals surface area contributed by atoms with Gasteiger partial charge in [-0.3, -0.25) is 4.79 Å². The molecule has 2 aromatic carbocycles. The van der Waals surface area contributed by atoms with Gasteiger partial charge in [-0.05, 0) is 55.0 Å². The molecule has 0 unspecified atom stereocenters. The normalized spacial score (nSPS) is 10.7. The number of esters is 1. The van der Waals surface area contributed by atoms with Gasteiger partial charge in [0.1, 0.15) is 5.82 Å². The summed E-state index contributed by atoms with van der Waals surface area (Å²) >= 11 is 0. The molecule has 0 amide bonds. The molecular formula is C22H21N5O2. The second-order valence-electron chi connectivity index (χ2n) is 6.72. The van der Waals surface area contributed by atoms with Crippen LogP contribution < -0.4 is 10.6 Å². The van der Waals surface area contributed by atoms with E-state index in [1.807, 2.05) is 49.4 Å². The van der Waals surface area contributed by atoms with Crippen LogP contribution in [-0.4, -0.2) is 28.0 Å². The zero-order valence-electron chi connectivity index (χ0n) is 16.2. The van der Waals surface area contributed by atoms with Gasteiger partial charge in [0, 0.05) is 34.2 Å². The maximum absolute atomic E-state index is 11.4. The summed E-state index contributed by atoms with van der Waals surface area (Å²) in [4.78, 5) is 23.5. The molecule has 0 aliphatic carbocycles. The lowest BCUT2D eigenvalue weighted by molar-refractivity contribution is -0.139. The lowest BCUT2D eigenvalue weighted by Gasteiger charge is -2.09. The SMILES string of the molecule is COC(=O)Cc1ccc(Nc2nccc(Nc3ccc4[nH]c(C)cc4c3)n2)cc1. The summed E-state index contributed by atoms with van der Waals surface area (Å²) in [6.45, 7) is 2.04. The summed E-state index contributed by atoms with van der Waals surface area (Å²) in [6, 6.07) is 17.6. The average Bonchev–Trinajstić information content (AvgIpc) is 3.09. The van der Waals surface area contributed by atoms with Crippen LogP contribution in [0.4, 0.5) is 23.1 Å². The molecule has 7 heteroatoms. The quantitative estimate of drug-likeness (QED) is 0.423. The number of hydrogen-bond acceptors (Lipinski definition) is 6. The van der Waals surface area contributed by atoms with E-state index in [9.17, 15) is 4.79 Å². The number of carbonyl (C=O) groups excluding carboxylic acids is 1. The van der Waals surface area contributed by atoms with E-state index in [-0.39, 0.29) is 12.4 Å². The molecule has 2 aromatic heterocycles. The topological polar surface area (TPSA) is 91.9 Å². The first-order valence-electron chi connectivity index (χ1n) is 9.21. The first-order valence-corrected chi connectivity index (χ1v) is 9.21. The van der Waals surface area contributed by atoms with E-state index in [1.54, 1.807) is 6.20 Å². The maximum Gasteiger partial charge on any atom is 0.309 e. The molecule has 0 atom stereocenters. The fourth-order valence-corrected chi connectivity index (χ4v) is 3.07. The number of nitrogens with zero attached hydrogens (tertiary/aromatic N) is 2. The summed E-state index contributed by atoms with van der Waals surface area (Å²) in [6.07, 6.45) is 1.94. The van der Waals surface area contributed by atoms with E-state index in [1.165, 1.54) is 7.11 Å². The van der Waals surface area contributed by atoms with Crippen molar-refractivity contribution in [3.63, 3.8) is 0 Å². The van der Waals surface area contributed by atoms with Gasteiger partial charge in [-0.2, -0.15) is 4.98 Å². The van der Waals surface area contributed by atoms with Crippen molar-refractivity contribution < 1.29 is 9.53 Å². The van der Waals surface area contributed by atoms with E-state index in [4.69, 9.17) is 0 Å². The minimum atomic E-state index is -0.263. The number of benzene rings is 2. The number of aromatic nitrogens is 3. The van der Waals surface area contributed by atoms with Gasteiger partial charge in [0.15, 0.2) is 0 Å². The van der Waals surface area contributed by atoms with Crippen molar-refractivity contribution in [1.29, 1.82) is 0 Å². The summed E-state index contributed by atoms with van der Waals surface area (Å²) < 4.78 is 4.68. The van der Waals surface area contributed by atoms with Gasteiger partial charge in [0.05, 0.1) is 13.5 Å². The summed E-state index contributed by atoms with van der Waals surface area (Å²) in [5.41, 5.74) is 4.90. The Hall–Kier alpha value is -3.87. The van der Waals surface area contributed by atoms with E-state index < -0.39 is 0 Å². The third kappa shape index (κ3) is 4.52. The van der Waals surface area contributed by atoms with Crippen molar-refractivity contribution in [2.24, 2.45) is 0 Å². The second-order valence-corrected chi connectivity index (χ2v) is 6.72. The molecule has 0 bridgehead atoms. The van der Waals surface area contributed by atoms with Gasteiger partial charge in [-0.25, -0.2) is 4.98 Å². The van der Waals surface area contributed by atoms with Crippen LogP contribution in [0.5, 0.6) is 0 Å². The zero-order valence-corrected chi connectivity index (χ0v) is 16.2. The number of ether oxygens (including phenoxy) is 1. The Bertz CT molecular complexity index is 1150. The zero-order chi connectivity index (χ0) is 20.2. The molecule has 0 aliphatic heterocycles. The summed E-state index contributed by atoms with van der Waals surface area (Å²) in [5.74, 6) is 0.909. The molecule has 4 rings (SSSR count). The van der Waals surface area contributed by atoms with Crippen LogP contribution in [0, 0.1) is 6.92 Å². The van der Waals surface area contributed by atoms with E-state index in [0.29, 0.717) is 11.8 Å². The van der Waals surface area contributed by atoms with Crippen LogP contribution in [0.15, 0.2) is 60.8 Å². The Morgan fingerprint density at radius 2 is 1.83 bits per heavy atom. The number of aromatic amines is 1. The molecule has 0 aliphatic rings. The highest BCUT2D eigenvalue weighted by Crippen LogP contribution is 2.23. The number of methoxy groups -OCH3 is 1. The minimum Gasteiger partial charge on any atom is -0.469 e. The minimum absolute atomic E-state index is 0.248. The van der Waals surface area contributed by atoms with Gasteiger partial charge in [-0.15, -0.1) is 0 Å². The Labute approximate surface area is 168 Å². The van der Waals surface area contributed by atoms with Gasteiger partial charge in [0.2, 0.25) is 5.95 Å². The number of nitrogens with one attached hydrogen (secondary N) is 3. The lowest BCUT2D eigenvalue weighted by Crippen LogP contribution is -2.04. The number of rotatable bonds is 6. The molecule has 0 saturated carbocycles. The Balaban J connectivity index is 1.45. The number of carbonyl (C=O) groups is 1. The fourth-order valence-electron chi connectivity index (χ4n) is 3.07. The molecule has 0 saturated heterocycles. The van der Waals surface area contributed by atoms with Crippen LogP contribution >= 0.6 is 0 Å². The number of anilines is 4. The molecule has 0 spiro atoms. The number of H-pyrrole nitrogens is 1.